The molecule has 0 amide bonds. The molecule has 8 heteroatoms. The van der Waals surface area contributed by atoms with Crippen molar-refractivity contribution in [2.24, 2.45) is 5.73 Å². The molecule has 0 saturated heterocycles. The summed E-state index contributed by atoms with van der Waals surface area (Å²) in [7, 11) is 0. The van der Waals surface area contributed by atoms with Crippen LogP contribution >= 0.6 is 0 Å². The Morgan fingerprint density at radius 3 is 2.44 bits per heavy atom. The summed E-state index contributed by atoms with van der Waals surface area (Å²) < 4.78 is 52.5. The normalized spacial score (nSPS) is 11.8. The molecule has 0 fully saturated rings. The van der Waals surface area contributed by atoms with Crippen molar-refractivity contribution in [3.05, 3.63) is 41.5 Å². The second kappa shape index (κ2) is 4.37. The Balaban J connectivity index is 2.66. The number of rotatable bonds is 2. The second-order valence-electron chi connectivity index (χ2n) is 3.45. The highest BCUT2D eigenvalue weighted by atomic mass is 19.4. The average molecular weight is 260 g/mol. The molecular formula is C10H8F4N4. The van der Waals surface area contributed by atoms with Gasteiger partial charge in [0.2, 0.25) is 0 Å². The number of benzene rings is 1. The van der Waals surface area contributed by atoms with E-state index >= 15 is 0 Å². The van der Waals surface area contributed by atoms with Crippen molar-refractivity contribution in [2.45, 2.75) is 12.7 Å². The van der Waals surface area contributed by atoms with E-state index in [0.29, 0.717) is 4.68 Å². The number of para-hydroxylation sites is 1. The molecule has 0 aliphatic carbocycles. The van der Waals surface area contributed by atoms with E-state index in [1.165, 1.54) is 18.2 Å². The smallest absolute Gasteiger partial charge is 0.325 e. The molecular weight excluding hydrogens is 252 g/mol. The molecule has 0 bridgehead atoms. The number of hydrogen-bond donors (Lipinski definition) is 1. The van der Waals surface area contributed by atoms with Gasteiger partial charge in [-0.05, 0) is 12.1 Å². The summed E-state index contributed by atoms with van der Waals surface area (Å²) in [5, 5.41) is 6.63. The number of nitrogens with zero attached hydrogens (tertiary/aromatic N) is 3. The molecule has 0 saturated carbocycles. The lowest BCUT2D eigenvalue weighted by atomic mass is 10.2. The minimum Gasteiger partial charge on any atom is -0.325 e. The van der Waals surface area contributed by atoms with Crippen LogP contribution in [0.4, 0.5) is 17.6 Å². The summed E-state index contributed by atoms with van der Waals surface area (Å²) in [4.78, 5) is 0. The van der Waals surface area contributed by atoms with Crippen LogP contribution in [0.2, 0.25) is 0 Å². The molecule has 0 unspecified atom stereocenters. The van der Waals surface area contributed by atoms with Crippen LogP contribution in [0.1, 0.15) is 11.4 Å². The topological polar surface area (TPSA) is 56.7 Å². The fourth-order valence-corrected chi connectivity index (χ4v) is 1.53. The van der Waals surface area contributed by atoms with Crippen molar-refractivity contribution in [1.82, 2.24) is 15.0 Å². The van der Waals surface area contributed by atoms with Gasteiger partial charge in [-0.25, -0.2) is 9.07 Å². The lowest BCUT2D eigenvalue weighted by Crippen LogP contribution is -2.17. The molecule has 1 aromatic carbocycles. The Kier molecular flexibility index (Phi) is 3.04. The summed E-state index contributed by atoms with van der Waals surface area (Å²) in [5.41, 5.74) is 3.26. The minimum atomic E-state index is -4.71. The van der Waals surface area contributed by atoms with Crippen LogP contribution < -0.4 is 5.73 Å². The van der Waals surface area contributed by atoms with Crippen molar-refractivity contribution in [3.8, 4) is 5.69 Å². The third-order valence-electron chi connectivity index (χ3n) is 2.28. The van der Waals surface area contributed by atoms with Gasteiger partial charge in [-0.1, -0.05) is 17.3 Å². The van der Waals surface area contributed by atoms with Gasteiger partial charge in [0, 0.05) is 6.54 Å². The molecule has 0 aliphatic rings. The zero-order chi connectivity index (χ0) is 13.3. The van der Waals surface area contributed by atoms with Crippen LogP contribution in [-0.2, 0) is 12.7 Å². The highest BCUT2D eigenvalue weighted by molar-refractivity contribution is 5.35. The first kappa shape index (κ1) is 12.5. The van der Waals surface area contributed by atoms with Gasteiger partial charge in [-0.15, -0.1) is 5.10 Å². The maximum Gasteiger partial charge on any atom is 0.435 e. The van der Waals surface area contributed by atoms with E-state index in [2.05, 4.69) is 10.3 Å². The van der Waals surface area contributed by atoms with Gasteiger partial charge in [0.1, 0.15) is 17.2 Å². The molecule has 0 radical (unpaired) electrons. The summed E-state index contributed by atoms with van der Waals surface area (Å²) >= 11 is 0. The Bertz CT molecular complexity index is 561. The van der Waals surface area contributed by atoms with Crippen molar-refractivity contribution >= 4 is 0 Å². The molecule has 0 atom stereocenters. The summed E-state index contributed by atoms with van der Waals surface area (Å²) in [6.07, 6.45) is -4.71. The standard InChI is InChI=1S/C10H8F4N4/c11-6-3-1-2-4-8(6)18-9(10(12,13)14)7(5-15)16-17-18/h1-4H,5,15H2. The van der Waals surface area contributed by atoms with Gasteiger partial charge in [0.05, 0.1) is 0 Å². The van der Waals surface area contributed by atoms with Gasteiger partial charge >= 0.3 is 6.18 Å². The molecule has 0 spiro atoms. The first-order chi connectivity index (χ1) is 8.45. The Hall–Kier alpha value is -1.96. The third-order valence-corrected chi connectivity index (χ3v) is 2.28. The van der Waals surface area contributed by atoms with Crippen molar-refractivity contribution in [1.29, 1.82) is 0 Å². The minimum absolute atomic E-state index is 0.322. The predicted molar refractivity (Wildman–Crippen MR) is 54.2 cm³/mol. The molecule has 96 valence electrons. The number of aromatic nitrogens is 3. The predicted octanol–water partition coefficient (Wildman–Crippen LogP) is 1.88. The Morgan fingerprint density at radius 2 is 1.89 bits per heavy atom. The zero-order valence-corrected chi connectivity index (χ0v) is 8.95. The molecule has 18 heavy (non-hydrogen) atoms. The number of hydrogen-bond acceptors (Lipinski definition) is 3. The van der Waals surface area contributed by atoms with E-state index in [1.54, 1.807) is 0 Å². The lowest BCUT2D eigenvalue weighted by molar-refractivity contribution is -0.143. The zero-order valence-electron chi connectivity index (χ0n) is 8.95. The van der Waals surface area contributed by atoms with Crippen LogP contribution in [0.15, 0.2) is 24.3 Å². The number of alkyl halides is 3. The van der Waals surface area contributed by atoms with Crippen molar-refractivity contribution in [3.63, 3.8) is 0 Å². The van der Waals surface area contributed by atoms with Crippen molar-refractivity contribution < 1.29 is 17.6 Å². The van der Waals surface area contributed by atoms with E-state index in [0.717, 1.165) is 6.07 Å². The number of nitrogens with two attached hydrogens (primary N) is 1. The molecule has 2 rings (SSSR count). The van der Waals surface area contributed by atoms with Gasteiger partial charge < -0.3 is 5.73 Å². The lowest BCUT2D eigenvalue weighted by Gasteiger charge is -2.11. The van der Waals surface area contributed by atoms with Crippen molar-refractivity contribution in [2.75, 3.05) is 0 Å². The molecule has 4 nitrogen and oxygen atoms in total. The van der Waals surface area contributed by atoms with Gasteiger partial charge in [-0.2, -0.15) is 13.2 Å². The van der Waals surface area contributed by atoms with Crippen LogP contribution in [0.3, 0.4) is 0 Å². The van der Waals surface area contributed by atoms with Crippen LogP contribution in [0, 0.1) is 5.82 Å². The summed E-state index contributed by atoms with van der Waals surface area (Å²) in [6, 6.07) is 4.99. The van der Waals surface area contributed by atoms with Crippen LogP contribution in [0.25, 0.3) is 5.69 Å². The van der Waals surface area contributed by atoms with Gasteiger partial charge in [-0.3, -0.25) is 0 Å². The maximum absolute atomic E-state index is 13.5. The fourth-order valence-electron chi connectivity index (χ4n) is 1.53. The number of halogens is 4. The van der Waals surface area contributed by atoms with Gasteiger partial charge in [0.25, 0.3) is 0 Å². The Morgan fingerprint density at radius 1 is 1.22 bits per heavy atom. The largest absolute Gasteiger partial charge is 0.435 e. The first-order valence-electron chi connectivity index (χ1n) is 4.92. The highest BCUT2D eigenvalue weighted by Crippen LogP contribution is 2.32. The average Bonchev–Trinajstić information content (AvgIpc) is 2.73. The van der Waals surface area contributed by atoms with E-state index < -0.39 is 29.9 Å². The van der Waals surface area contributed by atoms with E-state index in [9.17, 15) is 17.6 Å². The highest BCUT2D eigenvalue weighted by Gasteiger charge is 2.39. The maximum atomic E-state index is 13.5. The Labute approximate surface area is 99.0 Å². The monoisotopic (exact) mass is 260 g/mol. The summed E-state index contributed by atoms with van der Waals surface area (Å²) in [5.74, 6) is -0.823. The van der Waals surface area contributed by atoms with Gasteiger partial charge in [0.15, 0.2) is 5.69 Å². The van der Waals surface area contributed by atoms with E-state index in [-0.39, 0.29) is 5.69 Å². The van der Waals surface area contributed by atoms with Crippen LogP contribution in [-0.4, -0.2) is 15.0 Å². The summed E-state index contributed by atoms with van der Waals surface area (Å²) in [6.45, 7) is -0.427. The van der Waals surface area contributed by atoms with Crippen LogP contribution in [0.5, 0.6) is 0 Å². The quantitative estimate of drug-likeness (QED) is 0.839. The first-order valence-corrected chi connectivity index (χ1v) is 4.92. The molecule has 1 aromatic heterocycles. The second-order valence-corrected chi connectivity index (χ2v) is 3.45. The molecule has 1 heterocycles. The molecule has 2 N–H and O–H groups in total. The fraction of sp³-hybridized carbons (Fsp3) is 0.200. The molecule has 0 aliphatic heterocycles. The third kappa shape index (κ3) is 2.06. The molecule has 2 aromatic rings. The van der Waals surface area contributed by atoms with E-state index in [1.807, 2.05) is 0 Å². The van der Waals surface area contributed by atoms with E-state index in [4.69, 9.17) is 5.73 Å². The SMILES string of the molecule is NCc1nnn(-c2ccccc2F)c1C(F)(F)F.